The summed E-state index contributed by atoms with van der Waals surface area (Å²) in [6.07, 6.45) is 0.990. The summed E-state index contributed by atoms with van der Waals surface area (Å²) >= 11 is 0. The summed E-state index contributed by atoms with van der Waals surface area (Å²) in [4.78, 5) is 33.1. The predicted molar refractivity (Wildman–Crippen MR) is 132 cm³/mol. The minimum absolute atomic E-state index is 0.0657. The fraction of sp³-hybridized carbons (Fsp3) is 1.00. The lowest BCUT2D eigenvalue weighted by Gasteiger charge is -2.41. The Kier molecular flexibility index (Phi) is 9.98. The van der Waals surface area contributed by atoms with E-state index in [1.807, 2.05) is 13.8 Å². The van der Waals surface area contributed by atoms with Gasteiger partial charge in [-0.3, -0.25) is 39.8 Å². The van der Waals surface area contributed by atoms with E-state index in [9.17, 15) is 20.2 Å². The summed E-state index contributed by atoms with van der Waals surface area (Å²) in [5, 5.41) is 31.0. The van der Waals surface area contributed by atoms with Crippen LogP contribution in [0.1, 0.15) is 26.7 Å². The summed E-state index contributed by atoms with van der Waals surface area (Å²) in [6, 6.07) is 0. The van der Waals surface area contributed by atoms with Crippen molar-refractivity contribution in [3.8, 4) is 0 Å². The summed E-state index contributed by atoms with van der Waals surface area (Å²) in [5.41, 5.74) is -1.95. The highest BCUT2D eigenvalue weighted by atomic mass is 16.6. The van der Waals surface area contributed by atoms with Crippen LogP contribution in [0.2, 0.25) is 0 Å². The molecule has 12 nitrogen and oxygen atoms in total. The number of piperazine rings is 3. The molecule has 34 heavy (non-hydrogen) atoms. The number of nitrogens with zero attached hydrogens (tertiary/aromatic N) is 6. The zero-order valence-electron chi connectivity index (χ0n) is 21.0. The fourth-order valence-corrected chi connectivity index (χ4v) is 5.55. The molecule has 0 amide bonds. The smallest absolute Gasteiger partial charge is 0.246 e. The number of nitro groups is 2. The largest absolute Gasteiger partial charge is 0.314 e. The summed E-state index contributed by atoms with van der Waals surface area (Å²) in [7, 11) is 0. The van der Waals surface area contributed by atoms with Crippen LogP contribution in [0.15, 0.2) is 0 Å². The van der Waals surface area contributed by atoms with Gasteiger partial charge in [0, 0.05) is 101 Å². The molecular weight excluding hydrogens is 440 g/mol. The average molecular weight is 485 g/mol. The average Bonchev–Trinajstić information content (AvgIpc) is 2.85. The van der Waals surface area contributed by atoms with Crippen molar-refractivity contribution in [3.63, 3.8) is 0 Å². The summed E-state index contributed by atoms with van der Waals surface area (Å²) < 4.78 is 0. The molecule has 0 saturated carbocycles. The molecule has 0 spiro atoms. The Morgan fingerprint density at radius 1 is 0.588 bits per heavy atom. The number of rotatable bonds is 12. The molecule has 2 atom stereocenters. The quantitative estimate of drug-likeness (QED) is 0.271. The molecule has 2 unspecified atom stereocenters. The Morgan fingerprint density at radius 3 is 1.09 bits per heavy atom. The van der Waals surface area contributed by atoms with Gasteiger partial charge in [0.2, 0.25) is 11.1 Å². The van der Waals surface area contributed by atoms with Gasteiger partial charge < -0.3 is 10.6 Å². The van der Waals surface area contributed by atoms with Gasteiger partial charge in [-0.05, 0) is 0 Å². The van der Waals surface area contributed by atoms with Crippen LogP contribution in [0.25, 0.3) is 0 Å². The van der Waals surface area contributed by atoms with Crippen LogP contribution in [-0.2, 0) is 0 Å². The van der Waals surface area contributed by atoms with Gasteiger partial charge in [0.25, 0.3) is 0 Å². The second-order valence-electron chi connectivity index (χ2n) is 10.3. The number of hydrogen-bond acceptors (Lipinski definition) is 10. The summed E-state index contributed by atoms with van der Waals surface area (Å²) in [6.45, 7) is 15.4. The van der Waals surface area contributed by atoms with Gasteiger partial charge in [-0.2, -0.15) is 0 Å². The van der Waals surface area contributed by atoms with Crippen LogP contribution in [0.3, 0.4) is 0 Å². The second-order valence-corrected chi connectivity index (χ2v) is 10.3. The molecule has 3 heterocycles. The first-order valence-electron chi connectivity index (χ1n) is 12.9. The molecule has 0 aromatic heterocycles. The van der Waals surface area contributed by atoms with E-state index in [4.69, 9.17) is 0 Å². The molecule has 0 aromatic rings. The molecule has 12 heteroatoms. The summed E-state index contributed by atoms with van der Waals surface area (Å²) in [5.74, 6) is 0. The number of hydrogen-bond donors (Lipinski definition) is 2. The molecule has 0 bridgehead atoms. The SMILES string of the molecule is CCC(CN1CCNCC1)(CN1CCN(CC(CC)(CN2CCNCC2)[N+](=O)[O-])CC1)[N+](=O)[O-]. The molecule has 3 aliphatic heterocycles. The monoisotopic (exact) mass is 484 g/mol. The molecule has 3 rings (SSSR count). The fourth-order valence-electron chi connectivity index (χ4n) is 5.55. The Balaban J connectivity index is 1.57. The van der Waals surface area contributed by atoms with Gasteiger partial charge in [-0.25, -0.2) is 0 Å². The Labute approximate surface area is 203 Å². The van der Waals surface area contributed by atoms with Crippen LogP contribution in [0, 0.1) is 20.2 Å². The first-order valence-corrected chi connectivity index (χ1v) is 12.9. The Bertz CT molecular complexity index is 609. The van der Waals surface area contributed by atoms with E-state index in [1.54, 1.807) is 0 Å². The van der Waals surface area contributed by atoms with Crippen LogP contribution < -0.4 is 10.6 Å². The lowest BCUT2D eigenvalue weighted by atomic mass is 9.93. The predicted octanol–water partition coefficient (Wildman–Crippen LogP) is -0.735. The van der Waals surface area contributed by atoms with E-state index in [0.717, 1.165) is 52.4 Å². The molecule has 3 saturated heterocycles. The lowest BCUT2D eigenvalue weighted by molar-refractivity contribution is -0.573. The maximum absolute atomic E-state index is 12.2. The highest BCUT2D eigenvalue weighted by Crippen LogP contribution is 2.23. The third kappa shape index (κ3) is 6.82. The zero-order chi connectivity index (χ0) is 24.6. The van der Waals surface area contributed by atoms with Crippen LogP contribution in [0.4, 0.5) is 0 Å². The highest BCUT2D eigenvalue weighted by molar-refractivity contribution is 4.92. The molecule has 0 radical (unpaired) electrons. The van der Waals surface area contributed by atoms with E-state index in [2.05, 4.69) is 30.2 Å². The second kappa shape index (κ2) is 12.5. The molecule has 196 valence electrons. The van der Waals surface area contributed by atoms with Gasteiger partial charge in [0.1, 0.15) is 0 Å². The molecule has 3 fully saturated rings. The van der Waals surface area contributed by atoms with Gasteiger partial charge in [0.15, 0.2) is 0 Å². The molecule has 3 aliphatic rings. The maximum atomic E-state index is 12.2. The van der Waals surface area contributed by atoms with Crippen molar-refractivity contribution in [1.82, 2.24) is 30.2 Å². The van der Waals surface area contributed by atoms with Crippen LogP contribution in [0.5, 0.6) is 0 Å². The maximum Gasteiger partial charge on any atom is 0.246 e. The van der Waals surface area contributed by atoms with Gasteiger partial charge in [0.05, 0.1) is 26.2 Å². The van der Waals surface area contributed by atoms with Gasteiger partial charge >= 0.3 is 0 Å². The highest BCUT2D eigenvalue weighted by Gasteiger charge is 2.47. The Morgan fingerprint density at radius 2 is 0.853 bits per heavy atom. The first-order chi connectivity index (χ1) is 16.3. The van der Waals surface area contributed by atoms with E-state index in [1.165, 1.54) is 0 Å². The van der Waals surface area contributed by atoms with E-state index in [0.29, 0.717) is 65.2 Å². The van der Waals surface area contributed by atoms with Crippen molar-refractivity contribution < 1.29 is 9.85 Å². The Hall–Kier alpha value is -1.44. The van der Waals surface area contributed by atoms with E-state index >= 15 is 0 Å². The molecule has 0 aliphatic carbocycles. The van der Waals surface area contributed by atoms with Gasteiger partial charge in [-0.1, -0.05) is 13.8 Å². The van der Waals surface area contributed by atoms with E-state index < -0.39 is 11.1 Å². The normalized spacial score (nSPS) is 25.5. The third-order valence-electron chi connectivity index (χ3n) is 8.05. The van der Waals surface area contributed by atoms with Crippen molar-refractivity contribution in [2.75, 3.05) is 105 Å². The van der Waals surface area contributed by atoms with Crippen LogP contribution >= 0.6 is 0 Å². The molecule has 2 N–H and O–H groups in total. The van der Waals surface area contributed by atoms with Crippen molar-refractivity contribution in [3.05, 3.63) is 20.2 Å². The van der Waals surface area contributed by atoms with Crippen molar-refractivity contribution in [2.24, 2.45) is 0 Å². The minimum Gasteiger partial charge on any atom is -0.314 e. The molecule has 0 aromatic carbocycles. The third-order valence-corrected chi connectivity index (χ3v) is 8.05. The lowest BCUT2D eigenvalue weighted by Crippen LogP contribution is -2.62. The zero-order valence-corrected chi connectivity index (χ0v) is 21.0. The van der Waals surface area contributed by atoms with Crippen molar-refractivity contribution in [2.45, 2.75) is 37.8 Å². The number of nitrogens with one attached hydrogen (secondary N) is 2. The van der Waals surface area contributed by atoms with E-state index in [-0.39, 0.29) is 9.85 Å². The van der Waals surface area contributed by atoms with Crippen LogP contribution in [-0.4, -0.2) is 145 Å². The topological polar surface area (TPSA) is 123 Å². The standard InChI is InChI=1S/C22H44N8O4/c1-3-21(29(31)32,17-25-9-5-23-6-10-25)19-27-13-15-28(16-14-27)20-22(4-2,30(33)34)18-26-11-7-24-8-12-26/h23-24H,3-20H2,1-2H3. The first kappa shape index (κ1) is 27.2. The minimum atomic E-state index is -0.976. The molecular formula is C22H44N8O4. The van der Waals surface area contributed by atoms with Gasteiger partial charge in [-0.15, -0.1) is 0 Å². The van der Waals surface area contributed by atoms with Crippen molar-refractivity contribution in [1.29, 1.82) is 0 Å². The van der Waals surface area contributed by atoms with Crippen molar-refractivity contribution >= 4 is 0 Å².